The SMILES string of the molecule is N#CCc1ccccc1[C@@H](C#N)C(=O)CCC(=O)[C@H](C#N)c1ccccc1CC#N. The lowest BCUT2D eigenvalue weighted by Crippen LogP contribution is -2.17. The van der Waals surface area contributed by atoms with Gasteiger partial charge in [-0.15, -0.1) is 0 Å². The fraction of sp³-hybridized carbons (Fsp3) is 0.250. The van der Waals surface area contributed by atoms with Gasteiger partial charge in [0.15, 0.2) is 11.6 Å². The topological polar surface area (TPSA) is 129 Å². The van der Waals surface area contributed by atoms with E-state index in [-0.39, 0.29) is 25.7 Å². The molecule has 30 heavy (non-hydrogen) atoms. The Morgan fingerprint density at radius 2 is 1.03 bits per heavy atom. The number of nitriles is 4. The van der Waals surface area contributed by atoms with Crippen LogP contribution in [0.25, 0.3) is 0 Å². The molecule has 2 atom stereocenters. The maximum atomic E-state index is 12.7. The molecule has 0 aliphatic rings. The standard InChI is InChI=1S/C24H18N4O2/c25-13-11-17-5-1-3-7-19(17)21(15-27)23(29)9-10-24(30)22(16-28)20-8-4-2-6-18(20)12-14-26/h1-8,21-22H,9-12H2/t21-,22-/m1/s1. The molecular formula is C24H18N4O2. The van der Waals surface area contributed by atoms with Crippen LogP contribution in [0.4, 0.5) is 0 Å². The first-order chi connectivity index (χ1) is 14.6. The molecule has 6 heteroatoms. The van der Waals surface area contributed by atoms with Crippen molar-refractivity contribution in [2.45, 2.75) is 37.5 Å². The summed E-state index contributed by atoms with van der Waals surface area (Å²) in [5.41, 5.74) is 2.14. The van der Waals surface area contributed by atoms with E-state index in [1.807, 2.05) is 24.3 Å². The smallest absolute Gasteiger partial charge is 0.154 e. The van der Waals surface area contributed by atoms with E-state index in [2.05, 4.69) is 0 Å². The Morgan fingerprint density at radius 1 is 0.667 bits per heavy atom. The molecule has 6 nitrogen and oxygen atoms in total. The first-order valence-corrected chi connectivity index (χ1v) is 9.31. The third-order valence-corrected chi connectivity index (χ3v) is 4.79. The average Bonchev–Trinajstić information content (AvgIpc) is 2.76. The number of carbonyl (C=O) groups is 2. The molecule has 0 N–H and O–H groups in total. The third-order valence-electron chi connectivity index (χ3n) is 4.79. The first-order valence-electron chi connectivity index (χ1n) is 9.31. The summed E-state index contributed by atoms with van der Waals surface area (Å²) in [6.45, 7) is 0. The maximum absolute atomic E-state index is 12.7. The number of ketones is 2. The lowest BCUT2D eigenvalue weighted by molar-refractivity contribution is -0.124. The molecule has 0 amide bonds. The first kappa shape index (κ1) is 22.0. The van der Waals surface area contributed by atoms with Gasteiger partial charge in [0.25, 0.3) is 0 Å². The Labute approximate surface area is 175 Å². The minimum Gasteiger partial charge on any atom is -0.298 e. The van der Waals surface area contributed by atoms with Crippen molar-refractivity contribution in [1.82, 2.24) is 0 Å². The average molecular weight is 394 g/mol. The van der Waals surface area contributed by atoms with Crippen molar-refractivity contribution >= 4 is 11.6 Å². The Hall–Kier alpha value is -4.26. The van der Waals surface area contributed by atoms with Crippen LogP contribution in [0.15, 0.2) is 48.5 Å². The molecule has 0 heterocycles. The lowest BCUT2D eigenvalue weighted by atomic mass is 9.86. The minimum atomic E-state index is -1.08. The number of nitrogens with zero attached hydrogens (tertiary/aromatic N) is 4. The number of hydrogen-bond donors (Lipinski definition) is 0. The van der Waals surface area contributed by atoms with E-state index in [9.17, 15) is 20.1 Å². The van der Waals surface area contributed by atoms with Gasteiger partial charge in [0.05, 0.1) is 37.1 Å². The van der Waals surface area contributed by atoms with Crippen LogP contribution >= 0.6 is 0 Å². The summed E-state index contributed by atoms with van der Waals surface area (Å²) >= 11 is 0. The number of benzene rings is 2. The highest BCUT2D eigenvalue weighted by Gasteiger charge is 2.26. The zero-order valence-corrected chi connectivity index (χ0v) is 16.2. The molecule has 0 radical (unpaired) electrons. The second-order valence-electron chi connectivity index (χ2n) is 6.62. The van der Waals surface area contributed by atoms with Crippen molar-refractivity contribution in [3.63, 3.8) is 0 Å². The fourth-order valence-electron chi connectivity index (χ4n) is 3.29. The molecule has 2 rings (SSSR count). The Morgan fingerprint density at radius 3 is 1.37 bits per heavy atom. The Kier molecular flexibility index (Phi) is 8.02. The molecule has 0 bridgehead atoms. The zero-order chi connectivity index (χ0) is 21.9. The number of hydrogen-bond acceptors (Lipinski definition) is 6. The van der Waals surface area contributed by atoms with E-state index in [0.29, 0.717) is 22.3 Å². The number of carbonyl (C=O) groups excluding carboxylic acids is 2. The van der Waals surface area contributed by atoms with Gasteiger partial charge in [-0.3, -0.25) is 9.59 Å². The summed E-state index contributed by atoms with van der Waals surface area (Å²) in [5, 5.41) is 36.9. The van der Waals surface area contributed by atoms with Crippen LogP contribution in [-0.2, 0) is 22.4 Å². The number of rotatable bonds is 9. The van der Waals surface area contributed by atoms with Crippen molar-refractivity contribution in [3.05, 3.63) is 70.8 Å². The maximum Gasteiger partial charge on any atom is 0.154 e. The summed E-state index contributed by atoms with van der Waals surface area (Å²) in [4.78, 5) is 25.3. The second-order valence-corrected chi connectivity index (χ2v) is 6.62. The summed E-state index contributed by atoms with van der Waals surface area (Å²) in [5.74, 6) is -3.01. The Bertz CT molecular complexity index is 1020. The molecule has 2 aromatic carbocycles. The van der Waals surface area contributed by atoms with E-state index in [1.165, 1.54) is 0 Å². The summed E-state index contributed by atoms with van der Waals surface area (Å²) in [6, 6.07) is 21.5. The van der Waals surface area contributed by atoms with Crippen LogP contribution in [0.5, 0.6) is 0 Å². The molecule has 0 saturated carbocycles. The molecule has 0 aromatic heterocycles. The summed E-state index contributed by atoms with van der Waals surface area (Å²) in [7, 11) is 0. The summed E-state index contributed by atoms with van der Waals surface area (Å²) < 4.78 is 0. The van der Waals surface area contributed by atoms with Crippen molar-refractivity contribution < 1.29 is 9.59 Å². The van der Waals surface area contributed by atoms with Gasteiger partial charge >= 0.3 is 0 Å². The second kappa shape index (κ2) is 10.9. The van der Waals surface area contributed by atoms with Gasteiger partial charge in [0, 0.05) is 12.8 Å². The van der Waals surface area contributed by atoms with Crippen molar-refractivity contribution in [1.29, 1.82) is 21.0 Å². The van der Waals surface area contributed by atoms with Crippen LogP contribution < -0.4 is 0 Å². The molecule has 146 valence electrons. The molecule has 0 aliphatic heterocycles. The monoisotopic (exact) mass is 394 g/mol. The highest BCUT2D eigenvalue weighted by Crippen LogP contribution is 2.26. The van der Waals surface area contributed by atoms with Crippen LogP contribution in [-0.4, -0.2) is 11.6 Å². The van der Waals surface area contributed by atoms with E-state index >= 15 is 0 Å². The van der Waals surface area contributed by atoms with Gasteiger partial charge in [-0.05, 0) is 22.3 Å². The van der Waals surface area contributed by atoms with Crippen molar-refractivity contribution in [3.8, 4) is 24.3 Å². The minimum absolute atomic E-state index is 0.0761. The highest BCUT2D eigenvalue weighted by atomic mass is 16.1. The van der Waals surface area contributed by atoms with Gasteiger partial charge in [-0.25, -0.2) is 0 Å². The van der Waals surface area contributed by atoms with Crippen LogP contribution in [0, 0.1) is 45.3 Å². The highest BCUT2D eigenvalue weighted by molar-refractivity contribution is 5.95. The van der Waals surface area contributed by atoms with Gasteiger partial charge < -0.3 is 0 Å². The van der Waals surface area contributed by atoms with Crippen molar-refractivity contribution in [2.75, 3.05) is 0 Å². The largest absolute Gasteiger partial charge is 0.298 e. The normalized spacial score (nSPS) is 11.7. The Balaban J connectivity index is 2.16. The molecule has 0 unspecified atom stereocenters. The van der Waals surface area contributed by atoms with Crippen molar-refractivity contribution in [2.24, 2.45) is 0 Å². The van der Waals surface area contributed by atoms with Gasteiger partial charge in [0.1, 0.15) is 11.8 Å². The van der Waals surface area contributed by atoms with E-state index in [1.54, 1.807) is 48.5 Å². The van der Waals surface area contributed by atoms with Crippen LogP contribution in [0.1, 0.15) is 46.9 Å². The van der Waals surface area contributed by atoms with E-state index in [4.69, 9.17) is 10.5 Å². The summed E-state index contributed by atoms with van der Waals surface area (Å²) in [6.07, 6.45) is -0.216. The van der Waals surface area contributed by atoms with Gasteiger partial charge in [-0.1, -0.05) is 48.5 Å². The lowest BCUT2D eigenvalue weighted by Gasteiger charge is -2.14. The zero-order valence-electron chi connectivity index (χ0n) is 16.2. The van der Waals surface area contributed by atoms with Crippen LogP contribution in [0.2, 0.25) is 0 Å². The quantitative estimate of drug-likeness (QED) is 0.638. The predicted molar refractivity (Wildman–Crippen MR) is 107 cm³/mol. The third kappa shape index (κ3) is 5.17. The molecule has 0 aliphatic carbocycles. The predicted octanol–water partition coefficient (Wildman–Crippen LogP) is 3.65. The number of Topliss-reactive ketones (excluding diaryl/α,β-unsaturated/α-hetero) is 2. The van der Waals surface area contributed by atoms with Crippen LogP contribution in [0.3, 0.4) is 0 Å². The fourth-order valence-corrected chi connectivity index (χ4v) is 3.29. The van der Waals surface area contributed by atoms with Gasteiger partial charge in [0.2, 0.25) is 0 Å². The molecule has 2 aromatic rings. The van der Waals surface area contributed by atoms with E-state index in [0.717, 1.165) is 0 Å². The molecule has 0 saturated heterocycles. The van der Waals surface area contributed by atoms with Gasteiger partial charge in [-0.2, -0.15) is 21.0 Å². The molecule has 0 fully saturated rings. The van der Waals surface area contributed by atoms with E-state index < -0.39 is 23.4 Å². The molecular weight excluding hydrogens is 376 g/mol. The molecule has 0 spiro atoms.